The Morgan fingerprint density at radius 1 is 1.42 bits per heavy atom. The topological polar surface area (TPSA) is 114 Å². The zero-order valence-corrected chi connectivity index (χ0v) is 10.2. The Labute approximate surface area is 109 Å². The molecule has 0 aliphatic heterocycles. The van der Waals surface area contributed by atoms with Gasteiger partial charge in [0.2, 0.25) is 0 Å². The summed E-state index contributed by atoms with van der Waals surface area (Å²) < 4.78 is 0. The molecule has 1 aromatic rings. The van der Waals surface area contributed by atoms with Crippen molar-refractivity contribution in [2.75, 3.05) is 18.6 Å². The van der Waals surface area contributed by atoms with Gasteiger partial charge in [0.15, 0.2) is 6.04 Å². The number of hydrogen-bond donors (Lipinski definition) is 3. The maximum Gasteiger partial charge on any atom is 0.328 e. The van der Waals surface area contributed by atoms with E-state index >= 15 is 0 Å². The lowest BCUT2D eigenvalue weighted by atomic mass is 10.2. The number of aliphatic hydroxyl groups is 1. The summed E-state index contributed by atoms with van der Waals surface area (Å²) in [7, 11) is 1.45. The number of benzene rings is 1. The summed E-state index contributed by atoms with van der Waals surface area (Å²) in [5.41, 5.74) is 0.954. The summed E-state index contributed by atoms with van der Waals surface area (Å²) in [6, 6.07) is 6.14. The number of aliphatic hydroxyl groups excluding tert-OH is 1. The number of anilines is 1. The number of carboxylic acids is 1. The summed E-state index contributed by atoms with van der Waals surface area (Å²) >= 11 is 0. The van der Waals surface area contributed by atoms with E-state index in [-0.39, 0.29) is 0 Å². The standard InChI is InChI=1S/C12H13N3O4/c1-15(9-4-2-8(6-13)3-5-9)12(19)14-10(7-16)11(17)18/h2-5,10,16H,7H2,1H3,(H,14,19)(H,17,18)/t10-/m1/s1. The van der Waals surface area contributed by atoms with Gasteiger partial charge in [-0.3, -0.25) is 4.90 Å². The molecule has 2 amide bonds. The summed E-state index contributed by atoms with van der Waals surface area (Å²) in [5, 5.41) is 28.3. The number of nitrogens with one attached hydrogen (secondary N) is 1. The average Bonchev–Trinajstić information content (AvgIpc) is 2.43. The lowest BCUT2D eigenvalue weighted by Crippen LogP contribution is -2.48. The summed E-state index contributed by atoms with van der Waals surface area (Å²) in [5.74, 6) is -1.32. The van der Waals surface area contributed by atoms with E-state index in [4.69, 9.17) is 15.5 Å². The number of carboxylic acid groups (broad SMARTS) is 1. The van der Waals surface area contributed by atoms with Gasteiger partial charge >= 0.3 is 12.0 Å². The monoisotopic (exact) mass is 263 g/mol. The third-order valence-electron chi connectivity index (χ3n) is 2.47. The van der Waals surface area contributed by atoms with Crippen LogP contribution in [0.5, 0.6) is 0 Å². The van der Waals surface area contributed by atoms with Crippen molar-refractivity contribution in [1.29, 1.82) is 5.26 Å². The number of rotatable bonds is 4. The number of aliphatic carboxylic acids is 1. The van der Waals surface area contributed by atoms with Crippen molar-refractivity contribution >= 4 is 17.7 Å². The maximum atomic E-state index is 11.7. The fraction of sp³-hybridized carbons (Fsp3) is 0.250. The molecule has 1 rings (SSSR count). The lowest BCUT2D eigenvalue weighted by Gasteiger charge is -2.20. The van der Waals surface area contributed by atoms with Gasteiger partial charge in [0, 0.05) is 12.7 Å². The van der Waals surface area contributed by atoms with Gasteiger partial charge in [-0.15, -0.1) is 0 Å². The molecule has 1 atom stereocenters. The van der Waals surface area contributed by atoms with Crippen molar-refractivity contribution in [3.05, 3.63) is 29.8 Å². The Morgan fingerprint density at radius 3 is 2.42 bits per heavy atom. The van der Waals surface area contributed by atoms with Crippen LogP contribution in [0.3, 0.4) is 0 Å². The SMILES string of the molecule is CN(C(=O)N[C@H](CO)C(=O)O)c1ccc(C#N)cc1. The second kappa shape index (κ2) is 6.37. The first-order valence-electron chi connectivity index (χ1n) is 5.37. The third-order valence-corrected chi connectivity index (χ3v) is 2.47. The molecule has 7 nitrogen and oxygen atoms in total. The molecule has 0 saturated heterocycles. The Morgan fingerprint density at radius 2 is 2.00 bits per heavy atom. The second-order valence-corrected chi connectivity index (χ2v) is 3.74. The molecule has 3 N–H and O–H groups in total. The minimum Gasteiger partial charge on any atom is -0.480 e. The predicted octanol–water partition coefficient (Wildman–Crippen LogP) is 0.150. The average molecular weight is 263 g/mol. The first kappa shape index (κ1) is 14.5. The van der Waals surface area contributed by atoms with Gasteiger partial charge in [-0.25, -0.2) is 9.59 Å². The van der Waals surface area contributed by atoms with E-state index in [9.17, 15) is 9.59 Å². The molecule has 1 aromatic carbocycles. The van der Waals surface area contributed by atoms with Crippen LogP contribution in [0.1, 0.15) is 5.56 Å². The van der Waals surface area contributed by atoms with Crippen LogP contribution in [0, 0.1) is 11.3 Å². The van der Waals surface area contributed by atoms with E-state index in [1.165, 1.54) is 11.9 Å². The fourth-order valence-corrected chi connectivity index (χ4v) is 1.31. The molecule has 0 aliphatic rings. The van der Waals surface area contributed by atoms with Gasteiger partial charge in [0.05, 0.1) is 18.2 Å². The van der Waals surface area contributed by atoms with Gasteiger partial charge in [0.25, 0.3) is 0 Å². The van der Waals surface area contributed by atoms with Crippen LogP contribution in [-0.2, 0) is 4.79 Å². The van der Waals surface area contributed by atoms with Gasteiger partial charge in [-0.2, -0.15) is 5.26 Å². The van der Waals surface area contributed by atoms with Crippen molar-refractivity contribution in [2.45, 2.75) is 6.04 Å². The van der Waals surface area contributed by atoms with Crippen LogP contribution in [-0.4, -0.2) is 41.9 Å². The smallest absolute Gasteiger partial charge is 0.328 e. The van der Waals surface area contributed by atoms with Crippen LogP contribution in [0.25, 0.3) is 0 Å². The number of amides is 2. The molecule has 0 spiro atoms. The molecule has 7 heteroatoms. The molecule has 0 bridgehead atoms. The number of hydrogen-bond acceptors (Lipinski definition) is 4. The van der Waals surface area contributed by atoms with E-state index in [0.717, 1.165) is 0 Å². The largest absolute Gasteiger partial charge is 0.480 e. The zero-order chi connectivity index (χ0) is 14.4. The highest BCUT2D eigenvalue weighted by molar-refractivity contribution is 5.94. The molecule has 0 saturated carbocycles. The minimum absolute atomic E-state index is 0.455. The van der Waals surface area contributed by atoms with Crippen LogP contribution in [0.2, 0.25) is 0 Å². The van der Waals surface area contributed by atoms with E-state index in [1.807, 2.05) is 6.07 Å². The van der Waals surface area contributed by atoms with Crippen LogP contribution in [0.15, 0.2) is 24.3 Å². The number of nitrogens with zero attached hydrogens (tertiary/aromatic N) is 2. The maximum absolute atomic E-state index is 11.7. The van der Waals surface area contributed by atoms with Crippen LogP contribution < -0.4 is 10.2 Å². The second-order valence-electron chi connectivity index (χ2n) is 3.74. The van der Waals surface area contributed by atoms with E-state index in [0.29, 0.717) is 11.3 Å². The Hall–Kier alpha value is -2.59. The van der Waals surface area contributed by atoms with E-state index in [2.05, 4.69) is 5.32 Å². The van der Waals surface area contributed by atoms with Crippen molar-refractivity contribution < 1.29 is 19.8 Å². The van der Waals surface area contributed by atoms with E-state index in [1.54, 1.807) is 24.3 Å². The van der Waals surface area contributed by atoms with Gasteiger partial charge in [-0.05, 0) is 24.3 Å². The van der Waals surface area contributed by atoms with Gasteiger partial charge < -0.3 is 15.5 Å². The molecule has 0 aliphatic carbocycles. The predicted molar refractivity (Wildman–Crippen MR) is 66.6 cm³/mol. The van der Waals surface area contributed by atoms with Crippen molar-refractivity contribution in [3.8, 4) is 6.07 Å². The summed E-state index contributed by atoms with van der Waals surface area (Å²) in [6.45, 7) is -0.692. The molecular weight excluding hydrogens is 250 g/mol. The van der Waals surface area contributed by atoms with Gasteiger partial charge in [-0.1, -0.05) is 0 Å². The molecule has 0 fully saturated rings. The molecular formula is C12H13N3O4. The Balaban J connectivity index is 2.76. The highest BCUT2D eigenvalue weighted by atomic mass is 16.4. The normalized spacial score (nSPS) is 11.2. The molecule has 0 unspecified atom stereocenters. The van der Waals surface area contributed by atoms with Crippen LogP contribution >= 0.6 is 0 Å². The lowest BCUT2D eigenvalue weighted by molar-refractivity contribution is -0.140. The number of carbonyl (C=O) groups is 2. The van der Waals surface area contributed by atoms with E-state index < -0.39 is 24.6 Å². The summed E-state index contributed by atoms with van der Waals surface area (Å²) in [4.78, 5) is 23.6. The Bertz CT molecular complexity index is 507. The van der Waals surface area contributed by atoms with Crippen LogP contribution in [0.4, 0.5) is 10.5 Å². The van der Waals surface area contributed by atoms with Crippen molar-refractivity contribution in [2.24, 2.45) is 0 Å². The number of urea groups is 1. The zero-order valence-electron chi connectivity index (χ0n) is 10.2. The Kier molecular flexibility index (Phi) is 4.85. The molecule has 0 heterocycles. The molecule has 0 aromatic heterocycles. The quantitative estimate of drug-likeness (QED) is 0.715. The minimum atomic E-state index is -1.35. The number of nitriles is 1. The van der Waals surface area contributed by atoms with Crippen molar-refractivity contribution in [3.63, 3.8) is 0 Å². The first-order valence-corrected chi connectivity index (χ1v) is 5.37. The molecule has 19 heavy (non-hydrogen) atoms. The van der Waals surface area contributed by atoms with Crippen molar-refractivity contribution in [1.82, 2.24) is 5.32 Å². The molecule has 0 radical (unpaired) electrons. The third kappa shape index (κ3) is 3.69. The highest BCUT2D eigenvalue weighted by Gasteiger charge is 2.21. The summed E-state index contributed by atoms with van der Waals surface area (Å²) in [6.07, 6.45) is 0. The molecule has 100 valence electrons. The first-order chi connectivity index (χ1) is 8.99. The fourth-order valence-electron chi connectivity index (χ4n) is 1.31. The highest BCUT2D eigenvalue weighted by Crippen LogP contribution is 2.13. The number of carbonyl (C=O) groups excluding carboxylic acids is 1. The van der Waals surface area contributed by atoms with Gasteiger partial charge in [0.1, 0.15) is 0 Å².